The Kier molecular flexibility index (Phi) is 9.64. The van der Waals surface area contributed by atoms with E-state index in [0.29, 0.717) is 17.9 Å². The van der Waals surface area contributed by atoms with Gasteiger partial charge < -0.3 is 15.5 Å². The van der Waals surface area contributed by atoms with Gasteiger partial charge in [-0.15, -0.1) is 0 Å². The molecule has 0 aliphatic heterocycles. The molecule has 0 saturated heterocycles. The second kappa shape index (κ2) is 12.8. The highest BCUT2D eigenvalue weighted by Crippen LogP contribution is 2.32. The topological polar surface area (TPSA) is 107 Å². The standard InChI is InChI=1S/C32H39FN2O5S/c1-32(2,19-23-16-25-6-4-5-7-26(25)17-23)34-20-27(36)21-35(3)41(39,40)28-13-14-29(30(33)18-28)24-11-8-22(9-12-24)10-15-31(37)38/h4-9,11-14,18,23,27,34,36H,10,15-17,19-21H2,1-3H3,(H,37,38). The Labute approximate surface area is 242 Å². The van der Waals surface area contributed by atoms with Gasteiger partial charge in [0.25, 0.3) is 0 Å². The molecule has 1 atom stereocenters. The van der Waals surface area contributed by atoms with Crippen molar-refractivity contribution in [3.8, 4) is 11.1 Å². The predicted octanol–water partition coefficient (Wildman–Crippen LogP) is 4.66. The predicted molar refractivity (Wildman–Crippen MR) is 158 cm³/mol. The number of carboxylic acids is 1. The average molecular weight is 583 g/mol. The highest BCUT2D eigenvalue weighted by atomic mass is 32.2. The zero-order chi connectivity index (χ0) is 29.8. The lowest BCUT2D eigenvalue weighted by Crippen LogP contribution is -2.47. The number of hydrogen-bond acceptors (Lipinski definition) is 5. The Morgan fingerprint density at radius 2 is 1.71 bits per heavy atom. The molecule has 41 heavy (non-hydrogen) atoms. The number of aliphatic carboxylic acids is 1. The summed E-state index contributed by atoms with van der Waals surface area (Å²) in [7, 11) is -2.65. The fraction of sp³-hybridized carbons (Fsp3) is 0.406. The van der Waals surface area contributed by atoms with Gasteiger partial charge in [-0.2, -0.15) is 4.31 Å². The summed E-state index contributed by atoms with van der Waals surface area (Å²) in [6.45, 7) is 4.28. The van der Waals surface area contributed by atoms with Crippen LogP contribution in [0.5, 0.6) is 0 Å². The van der Waals surface area contributed by atoms with Crippen molar-refractivity contribution in [2.75, 3.05) is 20.1 Å². The number of sulfonamides is 1. The van der Waals surface area contributed by atoms with Crippen LogP contribution in [0, 0.1) is 11.7 Å². The molecule has 3 aromatic carbocycles. The van der Waals surface area contributed by atoms with Gasteiger partial charge in [0.1, 0.15) is 5.82 Å². The van der Waals surface area contributed by atoms with E-state index in [9.17, 15) is 18.3 Å². The Hall–Kier alpha value is -3.11. The minimum absolute atomic E-state index is 0.00597. The Morgan fingerprint density at radius 1 is 1.07 bits per heavy atom. The van der Waals surface area contributed by atoms with Crippen LogP contribution in [-0.2, 0) is 34.1 Å². The molecule has 0 amide bonds. The van der Waals surface area contributed by atoms with Crippen molar-refractivity contribution < 1.29 is 27.8 Å². The summed E-state index contributed by atoms with van der Waals surface area (Å²) in [6.07, 6.45) is 2.44. The number of carbonyl (C=O) groups is 1. The van der Waals surface area contributed by atoms with E-state index >= 15 is 4.39 Å². The largest absolute Gasteiger partial charge is 0.481 e. The van der Waals surface area contributed by atoms with E-state index in [0.717, 1.165) is 35.2 Å². The fourth-order valence-electron chi connectivity index (χ4n) is 5.61. The van der Waals surface area contributed by atoms with Gasteiger partial charge in [0, 0.05) is 37.7 Å². The summed E-state index contributed by atoms with van der Waals surface area (Å²) in [6, 6.07) is 19.1. The molecule has 9 heteroatoms. The number of nitrogens with zero attached hydrogens (tertiary/aromatic N) is 1. The smallest absolute Gasteiger partial charge is 0.303 e. The van der Waals surface area contributed by atoms with E-state index in [4.69, 9.17) is 5.11 Å². The lowest BCUT2D eigenvalue weighted by molar-refractivity contribution is -0.136. The molecule has 0 spiro atoms. The molecule has 4 rings (SSSR count). The maximum atomic E-state index is 15.0. The van der Waals surface area contributed by atoms with Crippen LogP contribution in [0.3, 0.4) is 0 Å². The van der Waals surface area contributed by atoms with Crippen LogP contribution in [-0.4, -0.2) is 60.7 Å². The number of fused-ring (bicyclic) bond motifs is 1. The molecule has 3 aromatic rings. The van der Waals surface area contributed by atoms with E-state index in [1.165, 1.54) is 30.3 Å². The molecule has 3 N–H and O–H groups in total. The minimum Gasteiger partial charge on any atom is -0.481 e. The van der Waals surface area contributed by atoms with Crippen molar-refractivity contribution in [1.82, 2.24) is 9.62 Å². The molecule has 0 bridgehead atoms. The first kappa shape index (κ1) is 30.8. The quantitative estimate of drug-likeness (QED) is 0.271. The number of nitrogens with one attached hydrogen (secondary N) is 1. The van der Waals surface area contributed by atoms with Gasteiger partial charge in [-0.1, -0.05) is 54.6 Å². The van der Waals surface area contributed by atoms with Gasteiger partial charge in [-0.3, -0.25) is 4.79 Å². The summed E-state index contributed by atoms with van der Waals surface area (Å²) in [5, 5.41) is 22.9. The van der Waals surface area contributed by atoms with Crippen LogP contribution in [0.2, 0.25) is 0 Å². The van der Waals surface area contributed by atoms with Crippen molar-refractivity contribution in [2.24, 2.45) is 5.92 Å². The second-order valence-electron chi connectivity index (χ2n) is 11.7. The maximum absolute atomic E-state index is 15.0. The third kappa shape index (κ3) is 8.01. The van der Waals surface area contributed by atoms with Crippen molar-refractivity contribution in [1.29, 1.82) is 0 Å². The molecule has 220 valence electrons. The second-order valence-corrected chi connectivity index (χ2v) is 13.7. The monoisotopic (exact) mass is 582 g/mol. The zero-order valence-electron chi connectivity index (χ0n) is 23.8. The summed E-state index contributed by atoms with van der Waals surface area (Å²) < 4.78 is 42.4. The maximum Gasteiger partial charge on any atom is 0.303 e. The lowest BCUT2D eigenvalue weighted by atomic mass is 9.88. The first-order valence-corrected chi connectivity index (χ1v) is 15.3. The van der Waals surface area contributed by atoms with E-state index in [-0.39, 0.29) is 35.5 Å². The number of halogens is 1. The molecule has 0 radical (unpaired) electrons. The highest BCUT2D eigenvalue weighted by molar-refractivity contribution is 7.89. The summed E-state index contributed by atoms with van der Waals surface area (Å²) in [5.74, 6) is -1.06. The molecule has 1 unspecified atom stereocenters. The van der Waals surface area contributed by atoms with Crippen molar-refractivity contribution in [3.63, 3.8) is 0 Å². The third-order valence-electron chi connectivity index (χ3n) is 7.76. The Bertz CT molecular complexity index is 1450. The number of carboxylic acid groups (broad SMARTS) is 1. The zero-order valence-corrected chi connectivity index (χ0v) is 24.6. The average Bonchev–Trinajstić information content (AvgIpc) is 3.32. The lowest BCUT2D eigenvalue weighted by Gasteiger charge is -2.31. The Balaban J connectivity index is 1.32. The number of likely N-dealkylation sites (N-methyl/N-ethyl adjacent to an activating group) is 1. The number of hydrogen-bond donors (Lipinski definition) is 3. The summed E-state index contributed by atoms with van der Waals surface area (Å²) >= 11 is 0. The highest BCUT2D eigenvalue weighted by Gasteiger charge is 2.29. The number of β-amino-alcohol motifs (C(OH)–C–C–N with tert-alkyl or cyclic N) is 1. The number of aryl methyl sites for hydroxylation is 1. The van der Waals surface area contributed by atoms with Gasteiger partial charge in [0.2, 0.25) is 10.0 Å². The molecule has 0 fully saturated rings. The molecule has 1 aliphatic rings. The molecular formula is C32H39FN2O5S. The number of aliphatic hydroxyl groups excluding tert-OH is 1. The van der Waals surface area contributed by atoms with E-state index in [2.05, 4.69) is 43.4 Å². The fourth-order valence-corrected chi connectivity index (χ4v) is 6.83. The summed E-state index contributed by atoms with van der Waals surface area (Å²) in [4.78, 5) is 10.6. The summed E-state index contributed by atoms with van der Waals surface area (Å²) in [5.41, 5.74) is 4.18. The molecular weight excluding hydrogens is 543 g/mol. The van der Waals surface area contributed by atoms with Crippen LogP contribution < -0.4 is 5.32 Å². The van der Waals surface area contributed by atoms with Gasteiger partial charge in [-0.05, 0) is 79.8 Å². The number of aliphatic hydroxyl groups is 1. The first-order valence-electron chi connectivity index (χ1n) is 13.9. The molecule has 0 heterocycles. The Morgan fingerprint density at radius 3 is 2.29 bits per heavy atom. The van der Waals surface area contributed by atoms with Gasteiger partial charge >= 0.3 is 5.97 Å². The van der Waals surface area contributed by atoms with E-state index in [1.54, 1.807) is 24.3 Å². The van der Waals surface area contributed by atoms with Gasteiger partial charge in [0.05, 0.1) is 11.0 Å². The van der Waals surface area contributed by atoms with Crippen LogP contribution in [0.15, 0.2) is 71.6 Å². The van der Waals surface area contributed by atoms with Gasteiger partial charge in [-0.25, -0.2) is 12.8 Å². The van der Waals surface area contributed by atoms with E-state index < -0.39 is 27.9 Å². The van der Waals surface area contributed by atoms with Gasteiger partial charge in [0.15, 0.2) is 0 Å². The first-order chi connectivity index (χ1) is 19.3. The SMILES string of the molecule is CN(CC(O)CNC(C)(C)CC1Cc2ccccc2C1)S(=O)(=O)c1ccc(-c2ccc(CCC(=O)O)cc2)c(F)c1. The normalized spacial score (nSPS) is 14.8. The minimum atomic E-state index is -4.03. The molecule has 1 aliphatic carbocycles. The van der Waals surface area contributed by atoms with Crippen LogP contribution in [0.25, 0.3) is 11.1 Å². The molecule has 0 aromatic heterocycles. The van der Waals surface area contributed by atoms with Crippen molar-refractivity contribution >= 4 is 16.0 Å². The number of rotatable bonds is 13. The van der Waals surface area contributed by atoms with Crippen LogP contribution in [0.1, 0.15) is 43.4 Å². The number of benzene rings is 3. The molecule has 7 nitrogen and oxygen atoms in total. The van der Waals surface area contributed by atoms with Crippen LogP contribution in [0.4, 0.5) is 4.39 Å². The van der Waals surface area contributed by atoms with E-state index in [1.807, 2.05) is 0 Å². The molecule has 0 saturated carbocycles. The third-order valence-corrected chi connectivity index (χ3v) is 9.58. The van der Waals surface area contributed by atoms with Crippen LogP contribution >= 0.6 is 0 Å². The van der Waals surface area contributed by atoms with Crippen molar-refractivity contribution in [2.45, 2.75) is 62.5 Å². The van der Waals surface area contributed by atoms with Crippen molar-refractivity contribution in [3.05, 3.63) is 89.2 Å².